The van der Waals surface area contributed by atoms with Gasteiger partial charge in [-0.2, -0.15) is 0 Å². The van der Waals surface area contributed by atoms with Gasteiger partial charge >= 0.3 is 5.97 Å². The number of hydrogen-bond acceptors (Lipinski definition) is 4. The molecule has 0 bridgehead atoms. The normalized spacial score (nSPS) is 9.83. The van der Waals surface area contributed by atoms with Crippen LogP contribution in [0.15, 0.2) is 0 Å². The van der Waals surface area contributed by atoms with Gasteiger partial charge in [-0.05, 0) is 6.92 Å². The average molecular weight is 185 g/mol. The van der Waals surface area contributed by atoms with E-state index in [2.05, 4.69) is 4.98 Å². The molecule has 0 atom stereocenters. The molecule has 0 aromatic carbocycles. The fraction of sp³-hybridized carbons (Fsp3) is 0.286. The van der Waals surface area contributed by atoms with Crippen molar-refractivity contribution in [3.63, 3.8) is 0 Å². The molecule has 1 aromatic rings. The minimum atomic E-state index is -1.09. The molecule has 0 spiro atoms. The summed E-state index contributed by atoms with van der Waals surface area (Å²) in [7, 11) is 0. The molecule has 0 saturated heterocycles. The Labute approximate surface area is 72.9 Å². The standard InChI is InChI=1S/C7H7NO3S/c1-3-5(4(2)9)12-6(8-3)7(10)11/h1-2H3,(H,10,11). The van der Waals surface area contributed by atoms with Crippen LogP contribution in [0, 0.1) is 6.92 Å². The minimum absolute atomic E-state index is 0.0299. The maximum absolute atomic E-state index is 10.9. The lowest BCUT2D eigenvalue weighted by Gasteiger charge is -1.85. The molecule has 0 saturated carbocycles. The van der Waals surface area contributed by atoms with Crippen LogP contribution < -0.4 is 0 Å². The SMILES string of the molecule is CC(=O)c1sc(C(=O)O)nc1C. The van der Waals surface area contributed by atoms with Crippen molar-refractivity contribution in [2.24, 2.45) is 0 Å². The van der Waals surface area contributed by atoms with Crippen LogP contribution in [0.4, 0.5) is 0 Å². The first-order valence-corrected chi connectivity index (χ1v) is 4.05. The Morgan fingerprint density at radius 3 is 2.33 bits per heavy atom. The highest BCUT2D eigenvalue weighted by atomic mass is 32.1. The van der Waals surface area contributed by atoms with E-state index in [9.17, 15) is 9.59 Å². The molecule has 64 valence electrons. The lowest BCUT2D eigenvalue weighted by Crippen LogP contribution is -1.93. The van der Waals surface area contributed by atoms with E-state index >= 15 is 0 Å². The second-order valence-electron chi connectivity index (χ2n) is 2.29. The molecule has 0 aliphatic carbocycles. The van der Waals surface area contributed by atoms with E-state index < -0.39 is 5.97 Å². The lowest BCUT2D eigenvalue weighted by atomic mass is 10.3. The van der Waals surface area contributed by atoms with E-state index in [1.807, 2.05) is 0 Å². The third-order valence-corrected chi connectivity index (χ3v) is 2.55. The van der Waals surface area contributed by atoms with E-state index in [1.165, 1.54) is 6.92 Å². The number of carboxylic acids is 1. The number of aromatic carboxylic acids is 1. The smallest absolute Gasteiger partial charge is 0.365 e. The molecule has 0 aliphatic heterocycles. The largest absolute Gasteiger partial charge is 0.476 e. The maximum atomic E-state index is 10.9. The lowest BCUT2D eigenvalue weighted by molar-refractivity contribution is 0.0696. The molecule has 0 fully saturated rings. The Morgan fingerprint density at radius 2 is 2.08 bits per heavy atom. The minimum Gasteiger partial charge on any atom is -0.476 e. The summed E-state index contributed by atoms with van der Waals surface area (Å²) in [6.07, 6.45) is 0. The third kappa shape index (κ3) is 1.50. The summed E-state index contributed by atoms with van der Waals surface area (Å²) in [5.41, 5.74) is 0.491. The number of aryl methyl sites for hydroxylation is 1. The topological polar surface area (TPSA) is 67.3 Å². The van der Waals surface area contributed by atoms with Gasteiger partial charge in [0.2, 0.25) is 5.01 Å². The number of carbonyl (C=O) groups is 2. The highest BCUT2D eigenvalue weighted by molar-refractivity contribution is 7.15. The first-order chi connectivity index (χ1) is 5.52. The molecule has 5 heteroatoms. The van der Waals surface area contributed by atoms with Gasteiger partial charge in [0.25, 0.3) is 0 Å². The molecule has 0 amide bonds. The Morgan fingerprint density at radius 1 is 1.50 bits per heavy atom. The molecular weight excluding hydrogens is 178 g/mol. The zero-order valence-electron chi connectivity index (χ0n) is 6.62. The number of thiazole rings is 1. The van der Waals surface area contributed by atoms with Gasteiger partial charge in [-0.3, -0.25) is 4.79 Å². The second kappa shape index (κ2) is 3.02. The number of aromatic nitrogens is 1. The molecule has 0 radical (unpaired) electrons. The van der Waals surface area contributed by atoms with E-state index in [-0.39, 0.29) is 10.8 Å². The molecular formula is C7H7NO3S. The van der Waals surface area contributed by atoms with Crippen LogP contribution in [0.5, 0.6) is 0 Å². The van der Waals surface area contributed by atoms with Crippen LogP contribution in [0.1, 0.15) is 32.1 Å². The Balaban J connectivity index is 3.17. The molecule has 1 rings (SSSR count). The fourth-order valence-electron chi connectivity index (χ4n) is 0.815. The van der Waals surface area contributed by atoms with Crippen molar-refractivity contribution in [3.05, 3.63) is 15.6 Å². The van der Waals surface area contributed by atoms with Gasteiger partial charge < -0.3 is 5.11 Å². The van der Waals surface area contributed by atoms with Crippen LogP contribution in [-0.2, 0) is 0 Å². The van der Waals surface area contributed by atoms with Gasteiger partial charge in [-0.1, -0.05) is 0 Å². The van der Waals surface area contributed by atoms with Crippen LogP contribution in [0.3, 0.4) is 0 Å². The number of Topliss-reactive ketones (excluding diaryl/α,β-unsaturated/α-hetero) is 1. The Kier molecular flexibility index (Phi) is 2.23. The van der Waals surface area contributed by atoms with Crippen molar-refractivity contribution in [1.82, 2.24) is 4.98 Å². The number of carboxylic acid groups (broad SMARTS) is 1. The molecule has 0 unspecified atom stereocenters. The number of nitrogens with zero attached hydrogens (tertiary/aromatic N) is 1. The number of carbonyl (C=O) groups excluding carboxylic acids is 1. The van der Waals surface area contributed by atoms with E-state index in [1.54, 1.807) is 6.92 Å². The molecule has 12 heavy (non-hydrogen) atoms. The molecule has 4 nitrogen and oxygen atoms in total. The van der Waals surface area contributed by atoms with Gasteiger partial charge in [0.15, 0.2) is 5.78 Å². The first kappa shape index (κ1) is 8.86. The summed E-state index contributed by atoms with van der Waals surface area (Å²) in [4.78, 5) is 25.5. The zero-order valence-corrected chi connectivity index (χ0v) is 7.44. The van der Waals surface area contributed by atoms with Gasteiger partial charge in [0.1, 0.15) is 0 Å². The molecule has 1 aromatic heterocycles. The van der Waals surface area contributed by atoms with Crippen LogP contribution >= 0.6 is 11.3 Å². The summed E-state index contributed by atoms with van der Waals surface area (Å²) in [5, 5.41) is 8.51. The highest BCUT2D eigenvalue weighted by Gasteiger charge is 2.15. The van der Waals surface area contributed by atoms with Gasteiger partial charge in [-0.25, -0.2) is 9.78 Å². The highest BCUT2D eigenvalue weighted by Crippen LogP contribution is 2.18. The average Bonchev–Trinajstić information content (AvgIpc) is 2.30. The molecule has 1 N–H and O–H groups in total. The van der Waals surface area contributed by atoms with Gasteiger partial charge in [0.05, 0.1) is 10.6 Å². The summed E-state index contributed by atoms with van der Waals surface area (Å²) >= 11 is 0.916. The first-order valence-electron chi connectivity index (χ1n) is 3.24. The summed E-state index contributed by atoms with van der Waals surface area (Å²) in [6, 6.07) is 0. The van der Waals surface area contributed by atoms with Crippen LogP contribution in [-0.4, -0.2) is 21.8 Å². The van der Waals surface area contributed by atoms with Crippen molar-refractivity contribution in [1.29, 1.82) is 0 Å². The monoisotopic (exact) mass is 185 g/mol. The van der Waals surface area contributed by atoms with Crippen LogP contribution in [0.25, 0.3) is 0 Å². The second-order valence-corrected chi connectivity index (χ2v) is 3.29. The maximum Gasteiger partial charge on any atom is 0.365 e. The van der Waals surface area contributed by atoms with Crippen LogP contribution in [0.2, 0.25) is 0 Å². The van der Waals surface area contributed by atoms with E-state index in [0.717, 1.165) is 11.3 Å². The number of hydrogen-bond donors (Lipinski definition) is 1. The quantitative estimate of drug-likeness (QED) is 0.706. The number of ketones is 1. The number of rotatable bonds is 2. The van der Waals surface area contributed by atoms with Gasteiger partial charge in [0, 0.05) is 6.92 Å². The molecule has 0 aliphatic rings. The predicted octanol–water partition coefficient (Wildman–Crippen LogP) is 1.35. The van der Waals surface area contributed by atoms with Crippen molar-refractivity contribution >= 4 is 23.1 Å². The van der Waals surface area contributed by atoms with E-state index in [4.69, 9.17) is 5.11 Å². The van der Waals surface area contributed by atoms with Crippen molar-refractivity contribution in [2.45, 2.75) is 13.8 Å². The van der Waals surface area contributed by atoms with Crippen molar-refractivity contribution in [3.8, 4) is 0 Å². The zero-order chi connectivity index (χ0) is 9.30. The van der Waals surface area contributed by atoms with Gasteiger partial charge in [-0.15, -0.1) is 11.3 Å². The predicted molar refractivity (Wildman–Crippen MR) is 43.8 cm³/mol. The summed E-state index contributed by atoms with van der Waals surface area (Å²) in [5.74, 6) is -1.23. The Bertz CT molecular complexity index is 342. The fourth-order valence-corrected chi connectivity index (χ4v) is 1.61. The summed E-state index contributed by atoms with van der Waals surface area (Å²) < 4.78 is 0. The molecule has 1 heterocycles. The van der Waals surface area contributed by atoms with Crippen molar-refractivity contribution < 1.29 is 14.7 Å². The van der Waals surface area contributed by atoms with Crippen molar-refractivity contribution in [2.75, 3.05) is 0 Å². The Hall–Kier alpha value is -1.23. The van der Waals surface area contributed by atoms with E-state index in [0.29, 0.717) is 10.6 Å². The third-order valence-electron chi connectivity index (χ3n) is 1.30. The summed E-state index contributed by atoms with van der Waals surface area (Å²) in [6.45, 7) is 3.02.